The van der Waals surface area contributed by atoms with E-state index >= 15 is 0 Å². The molecule has 0 aromatic carbocycles. The van der Waals surface area contributed by atoms with Crippen LogP contribution in [-0.4, -0.2) is 117 Å². The molecule has 4 N–H and O–H groups in total. The van der Waals surface area contributed by atoms with Crippen LogP contribution >= 0.6 is 0 Å². The molecule has 1 aliphatic carbocycles. The number of amides is 1. The van der Waals surface area contributed by atoms with Crippen LogP contribution in [0.5, 0.6) is 0 Å². The smallest absolute Gasteiger partial charge is 0.329 e. The van der Waals surface area contributed by atoms with Crippen LogP contribution in [0.15, 0.2) is 47.6 Å². The van der Waals surface area contributed by atoms with E-state index in [0.717, 1.165) is 5.57 Å². The number of aliphatic hydroxyl groups is 4. The van der Waals surface area contributed by atoms with E-state index in [1.807, 2.05) is 58.1 Å². The molecule has 4 aliphatic rings. The normalized spacial score (nSPS) is 37.9. The fraction of sp³-hybridized carbons (Fsp3) is 0.735. The quantitative estimate of drug-likeness (QED) is 0.149. The fourth-order valence-electron chi connectivity index (χ4n) is 9.54. The summed E-state index contributed by atoms with van der Waals surface area (Å²) in [4.78, 5) is 70.8. The fourth-order valence-corrected chi connectivity index (χ4v) is 9.54. The molecular formula is C49H75NO12. The van der Waals surface area contributed by atoms with E-state index in [4.69, 9.17) is 14.2 Å². The van der Waals surface area contributed by atoms with Crippen molar-refractivity contribution in [3.63, 3.8) is 0 Å². The third-order valence-corrected chi connectivity index (χ3v) is 13.9. The van der Waals surface area contributed by atoms with Crippen molar-refractivity contribution in [2.24, 2.45) is 35.5 Å². The second kappa shape index (κ2) is 23.6. The van der Waals surface area contributed by atoms with Gasteiger partial charge in [0.25, 0.3) is 11.7 Å². The number of esters is 1. The number of nitrogens with zero attached hydrogens (tertiary/aromatic N) is 1. The summed E-state index contributed by atoms with van der Waals surface area (Å²) in [6.07, 6.45) is 11.4. The Hall–Kier alpha value is -3.33. The van der Waals surface area contributed by atoms with Gasteiger partial charge in [0.15, 0.2) is 0 Å². The van der Waals surface area contributed by atoms with Gasteiger partial charge in [0, 0.05) is 50.7 Å². The molecule has 0 radical (unpaired) electrons. The first-order valence-corrected chi connectivity index (χ1v) is 23.0. The van der Waals surface area contributed by atoms with Gasteiger partial charge in [-0.2, -0.15) is 0 Å². The van der Waals surface area contributed by atoms with E-state index < -0.39 is 77.9 Å². The monoisotopic (exact) mass is 870 g/mol. The lowest BCUT2D eigenvalue weighted by atomic mass is 9.78. The average molecular weight is 870 g/mol. The summed E-state index contributed by atoms with van der Waals surface area (Å²) in [5.41, 5.74) is 1.37. The topological polar surface area (TPSA) is 197 Å². The number of fused-ring (bicyclic) bond motifs is 3. The van der Waals surface area contributed by atoms with E-state index in [1.165, 1.54) is 4.90 Å². The van der Waals surface area contributed by atoms with Crippen molar-refractivity contribution in [3.8, 4) is 0 Å². The Kier molecular flexibility index (Phi) is 19.5. The number of carbonyl (C=O) groups is 5. The second-order valence-corrected chi connectivity index (χ2v) is 19.1. The van der Waals surface area contributed by atoms with Crippen molar-refractivity contribution < 1.29 is 58.6 Å². The first-order valence-electron chi connectivity index (χ1n) is 23.0. The summed E-state index contributed by atoms with van der Waals surface area (Å²) in [6.45, 7) is 12.8. The number of cyclic esters (lactones) is 1. The highest BCUT2D eigenvalue weighted by Crippen LogP contribution is 2.37. The number of aliphatic hydroxyl groups excluding tert-OH is 3. The number of hydrogen-bond acceptors (Lipinski definition) is 12. The van der Waals surface area contributed by atoms with Crippen molar-refractivity contribution >= 4 is 29.2 Å². The van der Waals surface area contributed by atoms with Gasteiger partial charge < -0.3 is 39.5 Å². The zero-order chi connectivity index (χ0) is 45.9. The van der Waals surface area contributed by atoms with E-state index in [1.54, 1.807) is 34.0 Å². The number of piperidine rings is 1. The molecule has 0 aromatic rings. The van der Waals surface area contributed by atoms with Gasteiger partial charge >= 0.3 is 5.97 Å². The van der Waals surface area contributed by atoms with Crippen LogP contribution in [0.25, 0.3) is 0 Å². The molecular weight excluding hydrogens is 795 g/mol. The maximum atomic E-state index is 14.2. The van der Waals surface area contributed by atoms with Crippen molar-refractivity contribution in [2.75, 3.05) is 13.7 Å². The zero-order valence-electron chi connectivity index (χ0n) is 38.4. The number of allylic oxidation sites excluding steroid dienone is 6. The third-order valence-electron chi connectivity index (χ3n) is 13.9. The molecule has 3 aliphatic heterocycles. The zero-order valence-corrected chi connectivity index (χ0v) is 38.4. The third kappa shape index (κ3) is 13.8. The lowest BCUT2D eigenvalue weighted by Crippen LogP contribution is -2.61. The Morgan fingerprint density at radius 3 is 2.26 bits per heavy atom. The summed E-state index contributed by atoms with van der Waals surface area (Å²) >= 11 is 0. The van der Waals surface area contributed by atoms with Crippen LogP contribution in [-0.2, 0) is 38.2 Å². The largest absolute Gasteiger partial charge is 0.460 e. The second-order valence-electron chi connectivity index (χ2n) is 19.1. The molecule has 13 heteroatoms. The van der Waals surface area contributed by atoms with Crippen molar-refractivity contribution in [3.05, 3.63) is 47.6 Å². The number of rotatable bonds is 4. The summed E-state index contributed by atoms with van der Waals surface area (Å²) in [5.74, 6) is -7.69. The highest BCUT2D eigenvalue weighted by molar-refractivity contribution is 6.39. The number of carbonyl (C=O) groups excluding carboxylic acids is 5. The Morgan fingerprint density at radius 2 is 1.56 bits per heavy atom. The predicted molar refractivity (Wildman–Crippen MR) is 234 cm³/mol. The number of ketones is 3. The highest BCUT2D eigenvalue weighted by atomic mass is 16.6. The Labute approximate surface area is 369 Å². The number of methoxy groups -OCH3 is 1. The van der Waals surface area contributed by atoms with E-state index in [0.29, 0.717) is 69.8 Å². The lowest BCUT2D eigenvalue weighted by Gasteiger charge is -2.42. The van der Waals surface area contributed by atoms with E-state index in [-0.39, 0.29) is 61.0 Å². The lowest BCUT2D eigenvalue weighted by molar-refractivity contribution is -0.265. The molecule has 348 valence electrons. The van der Waals surface area contributed by atoms with E-state index in [9.17, 15) is 44.4 Å². The minimum atomic E-state index is -2.43. The summed E-state index contributed by atoms with van der Waals surface area (Å²) in [5, 5.41) is 43.5. The molecule has 0 aromatic heterocycles. The molecule has 1 amide bonds. The molecule has 14 unspecified atom stereocenters. The van der Waals surface area contributed by atoms with Crippen LogP contribution in [0.1, 0.15) is 132 Å². The van der Waals surface area contributed by atoms with E-state index in [2.05, 4.69) is 0 Å². The molecule has 2 saturated heterocycles. The van der Waals surface area contributed by atoms with Crippen molar-refractivity contribution in [2.45, 2.75) is 180 Å². The van der Waals surface area contributed by atoms with Gasteiger partial charge in [-0.15, -0.1) is 0 Å². The molecule has 2 bridgehead atoms. The first kappa shape index (κ1) is 51.3. The number of ether oxygens (including phenoxy) is 3. The van der Waals surface area contributed by atoms with Gasteiger partial charge in [0.1, 0.15) is 23.7 Å². The van der Waals surface area contributed by atoms with Gasteiger partial charge in [-0.3, -0.25) is 19.2 Å². The first-order chi connectivity index (χ1) is 29.2. The summed E-state index contributed by atoms with van der Waals surface area (Å²) in [7, 11) is 1.58. The van der Waals surface area contributed by atoms with Gasteiger partial charge in [0.2, 0.25) is 5.79 Å². The minimum Gasteiger partial charge on any atom is -0.460 e. The van der Waals surface area contributed by atoms with Gasteiger partial charge in [-0.05, 0) is 107 Å². The van der Waals surface area contributed by atoms with Crippen LogP contribution in [0.3, 0.4) is 0 Å². The molecule has 3 heterocycles. The Balaban J connectivity index is 1.66. The standard InChI is InChI=1S/C49H75NO12/c1-29-14-10-9-11-15-30(2)44(60-8)26-37-19-17-35(7)49(59,62-37)46(56)47(57)50-21-13-12-16-38(50)48(58)61-45(34(6)24-36-18-20-39(51)43(55)25-36)28-42(54)33(5)23-32(4)41(53)27-40(52)31(3)22-29/h9-11,14-15,23,29,31,33-39,41,43-45,51,53,55,59H,12-13,16-22,24-28H2,1-8H3. The molecule has 4 rings (SSSR count). The highest BCUT2D eigenvalue weighted by Gasteiger charge is 2.53. The molecule has 3 fully saturated rings. The van der Waals surface area contributed by atoms with Gasteiger partial charge in [-0.25, -0.2) is 4.79 Å². The van der Waals surface area contributed by atoms with Crippen LogP contribution < -0.4 is 0 Å². The predicted octanol–water partition coefficient (Wildman–Crippen LogP) is 5.90. The maximum absolute atomic E-state index is 14.2. The molecule has 62 heavy (non-hydrogen) atoms. The molecule has 1 saturated carbocycles. The Bertz CT molecular complexity index is 1690. The van der Waals surface area contributed by atoms with Crippen molar-refractivity contribution in [1.82, 2.24) is 4.90 Å². The molecule has 14 atom stereocenters. The summed E-state index contributed by atoms with van der Waals surface area (Å²) < 4.78 is 18.1. The number of hydrogen-bond donors (Lipinski definition) is 4. The maximum Gasteiger partial charge on any atom is 0.329 e. The van der Waals surface area contributed by atoms with Gasteiger partial charge in [0.05, 0.1) is 30.5 Å². The van der Waals surface area contributed by atoms with Gasteiger partial charge in [-0.1, -0.05) is 71.1 Å². The van der Waals surface area contributed by atoms with Crippen LogP contribution in [0.4, 0.5) is 0 Å². The van der Waals surface area contributed by atoms with Crippen LogP contribution in [0.2, 0.25) is 0 Å². The molecule has 13 nitrogen and oxygen atoms in total. The van der Waals surface area contributed by atoms with Crippen molar-refractivity contribution in [1.29, 1.82) is 0 Å². The SMILES string of the molecule is COC1CC2CCC(C)C(O)(O2)C(=O)C(=O)N2CCCCC2C(=O)OC(C(C)CC2CCC(O)C(O)C2)CC(=O)C(C)C=C(C)C(O)CC(=O)C(C)CC(C)C=CC=CC=C1C. The Morgan fingerprint density at radius 1 is 0.839 bits per heavy atom. The average Bonchev–Trinajstić information content (AvgIpc) is 3.23. The minimum absolute atomic E-state index is 0.00355. The van der Waals surface area contributed by atoms with Crippen LogP contribution in [0, 0.1) is 35.5 Å². The molecule has 0 spiro atoms. The summed E-state index contributed by atoms with van der Waals surface area (Å²) in [6, 6.07) is -1.14. The number of Topliss-reactive ketones (excluding diaryl/α,β-unsaturated/α-hetero) is 3.